The first kappa shape index (κ1) is 11.5. The van der Waals surface area contributed by atoms with Crippen molar-refractivity contribution in [3.63, 3.8) is 0 Å². The lowest BCUT2D eigenvalue weighted by molar-refractivity contribution is 0.0960. The minimum absolute atomic E-state index is 0.0979. The quantitative estimate of drug-likeness (QED) is 0.781. The Bertz CT molecular complexity index is 362. The monoisotopic (exact) mass is 208 g/mol. The second kappa shape index (κ2) is 4.79. The van der Waals surface area contributed by atoms with E-state index in [9.17, 15) is 4.79 Å². The van der Waals surface area contributed by atoms with Crippen LogP contribution < -0.4 is 15.8 Å². The summed E-state index contributed by atoms with van der Waals surface area (Å²) in [5, 5.41) is 2.56. The van der Waals surface area contributed by atoms with E-state index in [1.807, 2.05) is 13.0 Å². The van der Waals surface area contributed by atoms with E-state index < -0.39 is 0 Å². The van der Waals surface area contributed by atoms with Crippen LogP contribution in [0.15, 0.2) is 18.2 Å². The van der Waals surface area contributed by atoms with Crippen molar-refractivity contribution in [2.24, 2.45) is 5.73 Å². The zero-order valence-corrected chi connectivity index (χ0v) is 9.20. The number of nitrogens with two attached hydrogens (primary N) is 1. The van der Waals surface area contributed by atoms with Gasteiger partial charge in [-0.15, -0.1) is 0 Å². The van der Waals surface area contributed by atoms with Crippen LogP contribution >= 0.6 is 0 Å². The first-order chi connectivity index (χ1) is 7.10. The van der Waals surface area contributed by atoms with Crippen LogP contribution in [0.3, 0.4) is 0 Å². The first-order valence-electron chi connectivity index (χ1n) is 4.75. The van der Waals surface area contributed by atoms with E-state index in [1.54, 1.807) is 19.2 Å². The Morgan fingerprint density at radius 3 is 2.67 bits per heavy atom. The Balaban J connectivity index is 3.19. The topological polar surface area (TPSA) is 64.4 Å². The van der Waals surface area contributed by atoms with E-state index in [4.69, 9.17) is 10.5 Å². The zero-order valence-electron chi connectivity index (χ0n) is 9.20. The SMILES string of the molecule is CNC(=O)c1cc([C@H](C)N)ccc1OC. The Morgan fingerprint density at radius 2 is 2.20 bits per heavy atom. The maximum Gasteiger partial charge on any atom is 0.254 e. The summed E-state index contributed by atoms with van der Waals surface area (Å²) in [6, 6.07) is 5.26. The van der Waals surface area contributed by atoms with Crippen LogP contribution in [0.5, 0.6) is 5.75 Å². The number of hydrogen-bond donors (Lipinski definition) is 2. The van der Waals surface area contributed by atoms with E-state index in [0.717, 1.165) is 5.56 Å². The number of benzene rings is 1. The van der Waals surface area contributed by atoms with Gasteiger partial charge < -0.3 is 15.8 Å². The molecule has 0 aromatic heterocycles. The fourth-order valence-electron chi connectivity index (χ4n) is 1.32. The predicted molar refractivity (Wildman–Crippen MR) is 59.0 cm³/mol. The van der Waals surface area contributed by atoms with Crippen molar-refractivity contribution < 1.29 is 9.53 Å². The summed E-state index contributed by atoms with van der Waals surface area (Å²) < 4.78 is 5.10. The largest absolute Gasteiger partial charge is 0.496 e. The molecule has 4 heteroatoms. The lowest BCUT2D eigenvalue weighted by Crippen LogP contribution is -2.19. The fourth-order valence-corrected chi connectivity index (χ4v) is 1.32. The lowest BCUT2D eigenvalue weighted by Gasteiger charge is -2.11. The van der Waals surface area contributed by atoms with Crippen LogP contribution in [0.4, 0.5) is 0 Å². The van der Waals surface area contributed by atoms with Crippen LogP contribution in [0.2, 0.25) is 0 Å². The van der Waals surface area contributed by atoms with Gasteiger partial charge in [0.15, 0.2) is 0 Å². The number of carbonyl (C=O) groups is 1. The molecule has 1 aromatic carbocycles. The van der Waals surface area contributed by atoms with Crippen LogP contribution in [0.1, 0.15) is 28.9 Å². The summed E-state index contributed by atoms with van der Waals surface area (Å²) >= 11 is 0. The average molecular weight is 208 g/mol. The number of amides is 1. The normalized spacial score (nSPS) is 12.0. The van der Waals surface area contributed by atoms with Gasteiger partial charge in [0.05, 0.1) is 12.7 Å². The lowest BCUT2D eigenvalue weighted by atomic mass is 10.0. The standard InChI is InChI=1S/C11H16N2O2/c1-7(12)8-4-5-10(15-3)9(6-8)11(14)13-2/h4-7H,12H2,1-3H3,(H,13,14)/t7-/m0/s1. The summed E-state index contributed by atoms with van der Waals surface area (Å²) in [5.41, 5.74) is 7.16. The summed E-state index contributed by atoms with van der Waals surface area (Å²) in [6.07, 6.45) is 0. The summed E-state index contributed by atoms with van der Waals surface area (Å²) in [5.74, 6) is 0.383. The zero-order chi connectivity index (χ0) is 11.4. The van der Waals surface area contributed by atoms with Gasteiger partial charge in [-0.05, 0) is 24.6 Å². The van der Waals surface area contributed by atoms with Gasteiger partial charge in [0.25, 0.3) is 5.91 Å². The van der Waals surface area contributed by atoms with Gasteiger partial charge in [0.1, 0.15) is 5.75 Å². The Morgan fingerprint density at radius 1 is 1.53 bits per heavy atom. The minimum atomic E-state index is -0.172. The van der Waals surface area contributed by atoms with Crippen LogP contribution in [0.25, 0.3) is 0 Å². The molecule has 0 saturated heterocycles. The van der Waals surface area contributed by atoms with E-state index in [-0.39, 0.29) is 11.9 Å². The van der Waals surface area contributed by atoms with Gasteiger partial charge in [-0.3, -0.25) is 4.79 Å². The van der Waals surface area contributed by atoms with Gasteiger partial charge >= 0.3 is 0 Å². The molecular weight excluding hydrogens is 192 g/mol. The molecular formula is C11H16N2O2. The number of hydrogen-bond acceptors (Lipinski definition) is 3. The summed E-state index contributed by atoms with van der Waals surface area (Å²) in [6.45, 7) is 1.87. The van der Waals surface area contributed by atoms with Gasteiger partial charge in [-0.1, -0.05) is 6.07 Å². The first-order valence-corrected chi connectivity index (χ1v) is 4.75. The second-order valence-corrected chi connectivity index (χ2v) is 3.33. The molecule has 0 aliphatic carbocycles. The molecule has 1 atom stereocenters. The van der Waals surface area contributed by atoms with E-state index in [0.29, 0.717) is 11.3 Å². The van der Waals surface area contributed by atoms with Crippen molar-refractivity contribution >= 4 is 5.91 Å². The smallest absolute Gasteiger partial charge is 0.254 e. The number of ether oxygens (including phenoxy) is 1. The molecule has 0 radical (unpaired) electrons. The highest BCUT2D eigenvalue weighted by molar-refractivity contribution is 5.96. The minimum Gasteiger partial charge on any atom is -0.496 e. The van der Waals surface area contributed by atoms with Crippen molar-refractivity contribution in [1.29, 1.82) is 0 Å². The van der Waals surface area contributed by atoms with E-state index in [2.05, 4.69) is 5.32 Å². The molecule has 1 aromatic rings. The van der Waals surface area contributed by atoms with Crippen LogP contribution in [-0.2, 0) is 0 Å². The Hall–Kier alpha value is -1.55. The number of rotatable bonds is 3. The highest BCUT2D eigenvalue weighted by Gasteiger charge is 2.12. The highest BCUT2D eigenvalue weighted by Crippen LogP contribution is 2.22. The van der Waals surface area contributed by atoms with Crippen molar-refractivity contribution in [3.8, 4) is 5.75 Å². The Labute approximate surface area is 89.4 Å². The van der Waals surface area contributed by atoms with Gasteiger partial charge in [0, 0.05) is 13.1 Å². The Kier molecular flexibility index (Phi) is 3.68. The van der Waals surface area contributed by atoms with Crippen molar-refractivity contribution in [3.05, 3.63) is 29.3 Å². The third-order valence-electron chi connectivity index (χ3n) is 2.22. The van der Waals surface area contributed by atoms with Crippen molar-refractivity contribution in [1.82, 2.24) is 5.32 Å². The maximum atomic E-state index is 11.5. The number of carbonyl (C=O) groups excluding carboxylic acids is 1. The van der Waals surface area contributed by atoms with Gasteiger partial charge in [-0.25, -0.2) is 0 Å². The summed E-state index contributed by atoms with van der Waals surface area (Å²) in [4.78, 5) is 11.5. The molecule has 1 amide bonds. The molecule has 0 spiro atoms. The van der Waals surface area contributed by atoms with Gasteiger partial charge in [-0.2, -0.15) is 0 Å². The predicted octanol–water partition coefficient (Wildman–Crippen LogP) is 1.07. The molecule has 0 bridgehead atoms. The average Bonchev–Trinajstić information content (AvgIpc) is 2.27. The molecule has 1 rings (SSSR count). The van der Waals surface area contributed by atoms with Crippen molar-refractivity contribution in [2.75, 3.05) is 14.2 Å². The molecule has 4 nitrogen and oxygen atoms in total. The fraction of sp³-hybridized carbons (Fsp3) is 0.364. The molecule has 3 N–H and O–H groups in total. The number of nitrogens with one attached hydrogen (secondary N) is 1. The molecule has 0 saturated carbocycles. The molecule has 0 unspecified atom stereocenters. The van der Waals surface area contributed by atoms with Gasteiger partial charge in [0.2, 0.25) is 0 Å². The van der Waals surface area contributed by atoms with Crippen molar-refractivity contribution in [2.45, 2.75) is 13.0 Å². The maximum absolute atomic E-state index is 11.5. The van der Waals surface area contributed by atoms with E-state index >= 15 is 0 Å². The molecule has 0 aliphatic heterocycles. The molecule has 15 heavy (non-hydrogen) atoms. The molecule has 0 aliphatic rings. The number of methoxy groups -OCH3 is 1. The molecule has 0 heterocycles. The summed E-state index contributed by atoms with van der Waals surface area (Å²) in [7, 11) is 3.12. The molecule has 0 fully saturated rings. The van der Waals surface area contributed by atoms with Crippen LogP contribution in [-0.4, -0.2) is 20.1 Å². The third-order valence-corrected chi connectivity index (χ3v) is 2.22. The molecule has 82 valence electrons. The second-order valence-electron chi connectivity index (χ2n) is 3.33. The highest BCUT2D eigenvalue weighted by atomic mass is 16.5. The third kappa shape index (κ3) is 2.47. The van der Waals surface area contributed by atoms with E-state index in [1.165, 1.54) is 7.11 Å². The van der Waals surface area contributed by atoms with Crippen LogP contribution in [0, 0.1) is 0 Å².